The van der Waals surface area contributed by atoms with Gasteiger partial charge in [-0.2, -0.15) is 0 Å². The van der Waals surface area contributed by atoms with Crippen LogP contribution in [0.4, 0.5) is 15.8 Å². The Bertz CT molecular complexity index is 270. The predicted octanol–water partition coefficient (Wildman–Crippen LogP) is 2.45. The predicted molar refractivity (Wildman–Crippen MR) is 59.3 cm³/mol. The minimum absolute atomic E-state index is 0.325. The first-order valence-corrected chi connectivity index (χ1v) is 4.94. The van der Waals surface area contributed by atoms with E-state index in [-0.39, 0.29) is 6.67 Å². The summed E-state index contributed by atoms with van der Waals surface area (Å²) >= 11 is 0. The van der Waals surface area contributed by atoms with Crippen LogP contribution in [0, 0.1) is 0 Å². The van der Waals surface area contributed by atoms with Crippen molar-refractivity contribution in [2.45, 2.75) is 13.3 Å². The lowest BCUT2D eigenvalue weighted by Gasteiger charge is -2.23. The zero-order valence-corrected chi connectivity index (χ0v) is 8.54. The van der Waals surface area contributed by atoms with E-state index < -0.39 is 0 Å². The van der Waals surface area contributed by atoms with Crippen molar-refractivity contribution in [2.75, 3.05) is 30.4 Å². The third-order valence-corrected chi connectivity index (χ3v) is 2.08. The molecule has 78 valence electrons. The monoisotopic (exact) mass is 196 g/mol. The number of alkyl halides is 1. The second kappa shape index (κ2) is 5.47. The van der Waals surface area contributed by atoms with E-state index in [1.165, 1.54) is 0 Å². The molecular formula is C11H17FN2. The molecule has 1 aromatic carbocycles. The van der Waals surface area contributed by atoms with Crippen LogP contribution in [0.2, 0.25) is 0 Å². The second-order valence-corrected chi connectivity index (χ2v) is 3.27. The summed E-state index contributed by atoms with van der Waals surface area (Å²) in [7, 11) is 0. The third-order valence-electron chi connectivity index (χ3n) is 2.08. The number of benzene rings is 1. The summed E-state index contributed by atoms with van der Waals surface area (Å²) in [6.07, 6.45) is 1.01. The number of hydrogen-bond donors (Lipinski definition) is 1. The third kappa shape index (κ3) is 2.91. The normalized spacial score (nSPS) is 10.1. The van der Waals surface area contributed by atoms with E-state index in [4.69, 9.17) is 5.73 Å². The Hall–Kier alpha value is -1.25. The highest BCUT2D eigenvalue weighted by Crippen LogP contribution is 2.17. The molecular weight excluding hydrogens is 179 g/mol. The molecule has 1 rings (SSSR count). The number of nitrogen functional groups attached to an aromatic ring is 1. The minimum atomic E-state index is -0.325. The first-order valence-electron chi connectivity index (χ1n) is 4.94. The van der Waals surface area contributed by atoms with Crippen LogP contribution in [-0.2, 0) is 0 Å². The summed E-state index contributed by atoms with van der Waals surface area (Å²) in [5, 5.41) is 0. The zero-order chi connectivity index (χ0) is 10.4. The van der Waals surface area contributed by atoms with Gasteiger partial charge in [-0.15, -0.1) is 0 Å². The summed E-state index contributed by atoms with van der Waals surface area (Å²) in [6, 6.07) is 7.57. The fourth-order valence-electron chi connectivity index (χ4n) is 1.46. The number of anilines is 2. The Morgan fingerprint density at radius 3 is 2.71 bits per heavy atom. The minimum Gasteiger partial charge on any atom is -0.399 e. The van der Waals surface area contributed by atoms with Crippen LogP contribution in [0.1, 0.15) is 13.3 Å². The van der Waals surface area contributed by atoms with Gasteiger partial charge in [-0.25, -0.2) is 4.39 Å². The molecule has 0 saturated heterocycles. The molecule has 0 spiro atoms. The molecule has 1 aromatic rings. The van der Waals surface area contributed by atoms with Gasteiger partial charge in [0, 0.05) is 24.5 Å². The van der Waals surface area contributed by atoms with Gasteiger partial charge in [0.2, 0.25) is 0 Å². The van der Waals surface area contributed by atoms with Crippen LogP contribution < -0.4 is 10.6 Å². The fourth-order valence-corrected chi connectivity index (χ4v) is 1.46. The van der Waals surface area contributed by atoms with Crippen molar-refractivity contribution >= 4 is 11.4 Å². The first-order chi connectivity index (χ1) is 6.77. The molecule has 2 nitrogen and oxygen atoms in total. The van der Waals surface area contributed by atoms with Crippen LogP contribution in [-0.4, -0.2) is 19.8 Å². The highest BCUT2D eigenvalue weighted by Gasteiger charge is 2.04. The molecule has 14 heavy (non-hydrogen) atoms. The van der Waals surface area contributed by atoms with Crippen molar-refractivity contribution in [3.63, 3.8) is 0 Å². The summed E-state index contributed by atoms with van der Waals surface area (Å²) in [5.41, 5.74) is 7.40. The van der Waals surface area contributed by atoms with Crippen LogP contribution in [0.3, 0.4) is 0 Å². The number of rotatable bonds is 5. The molecule has 0 aromatic heterocycles. The lowest BCUT2D eigenvalue weighted by molar-refractivity contribution is 0.489. The van der Waals surface area contributed by atoms with Gasteiger partial charge in [-0.3, -0.25) is 0 Å². The van der Waals surface area contributed by atoms with Gasteiger partial charge < -0.3 is 10.6 Å². The molecule has 2 N–H and O–H groups in total. The fraction of sp³-hybridized carbons (Fsp3) is 0.455. The van der Waals surface area contributed by atoms with E-state index >= 15 is 0 Å². The lowest BCUT2D eigenvalue weighted by Crippen LogP contribution is -2.26. The van der Waals surface area contributed by atoms with Crippen molar-refractivity contribution in [2.24, 2.45) is 0 Å². The highest BCUT2D eigenvalue weighted by molar-refractivity contribution is 5.55. The Morgan fingerprint density at radius 2 is 2.14 bits per heavy atom. The van der Waals surface area contributed by atoms with Crippen molar-refractivity contribution in [3.05, 3.63) is 24.3 Å². The molecule has 3 heteroatoms. The summed E-state index contributed by atoms with van der Waals surface area (Å²) in [5.74, 6) is 0. The van der Waals surface area contributed by atoms with E-state index in [1.54, 1.807) is 0 Å². The summed E-state index contributed by atoms with van der Waals surface area (Å²) < 4.78 is 12.3. The molecule has 0 heterocycles. The van der Waals surface area contributed by atoms with E-state index in [0.717, 1.165) is 24.3 Å². The van der Waals surface area contributed by atoms with Gasteiger partial charge in [0.05, 0.1) is 0 Å². The number of hydrogen-bond acceptors (Lipinski definition) is 2. The quantitative estimate of drug-likeness (QED) is 0.733. The van der Waals surface area contributed by atoms with Crippen molar-refractivity contribution < 1.29 is 4.39 Å². The van der Waals surface area contributed by atoms with E-state index in [2.05, 4.69) is 6.92 Å². The van der Waals surface area contributed by atoms with Gasteiger partial charge >= 0.3 is 0 Å². The average Bonchev–Trinajstić information content (AvgIpc) is 2.17. The number of halogens is 1. The van der Waals surface area contributed by atoms with Gasteiger partial charge in [-0.1, -0.05) is 13.0 Å². The van der Waals surface area contributed by atoms with Gasteiger partial charge in [0.15, 0.2) is 0 Å². The molecule has 0 aliphatic carbocycles. The smallest absolute Gasteiger partial charge is 0.107 e. The van der Waals surface area contributed by atoms with Crippen molar-refractivity contribution in [1.29, 1.82) is 0 Å². The summed E-state index contributed by atoms with van der Waals surface area (Å²) in [4.78, 5) is 2.01. The Morgan fingerprint density at radius 1 is 1.36 bits per heavy atom. The molecule has 0 radical (unpaired) electrons. The SMILES string of the molecule is CCCN(CCF)c1cccc(N)c1. The summed E-state index contributed by atoms with van der Waals surface area (Å²) in [6.45, 7) is 3.07. The average molecular weight is 196 g/mol. The Labute approximate surface area is 84.5 Å². The molecule has 0 atom stereocenters. The standard InChI is InChI=1S/C11H17FN2/c1-2-7-14(8-6-12)11-5-3-4-10(13)9-11/h3-5,9H,2,6-8,13H2,1H3. The Kier molecular flexibility index (Phi) is 4.23. The second-order valence-electron chi connectivity index (χ2n) is 3.27. The number of nitrogens with two attached hydrogens (primary N) is 1. The van der Waals surface area contributed by atoms with Crippen LogP contribution >= 0.6 is 0 Å². The Balaban J connectivity index is 2.75. The van der Waals surface area contributed by atoms with Crippen LogP contribution in [0.25, 0.3) is 0 Å². The van der Waals surface area contributed by atoms with Gasteiger partial charge in [-0.05, 0) is 24.6 Å². The van der Waals surface area contributed by atoms with Crippen molar-refractivity contribution in [3.8, 4) is 0 Å². The first kappa shape index (κ1) is 10.8. The van der Waals surface area contributed by atoms with E-state index in [0.29, 0.717) is 6.54 Å². The molecule has 0 bridgehead atoms. The maximum absolute atomic E-state index is 12.3. The molecule has 0 amide bonds. The lowest BCUT2D eigenvalue weighted by atomic mass is 10.2. The van der Waals surface area contributed by atoms with E-state index in [1.807, 2.05) is 29.2 Å². The largest absolute Gasteiger partial charge is 0.399 e. The topological polar surface area (TPSA) is 29.3 Å². The van der Waals surface area contributed by atoms with E-state index in [9.17, 15) is 4.39 Å². The molecule has 0 aliphatic rings. The van der Waals surface area contributed by atoms with Crippen LogP contribution in [0.15, 0.2) is 24.3 Å². The molecule has 0 fully saturated rings. The number of nitrogens with zero attached hydrogens (tertiary/aromatic N) is 1. The molecule has 0 aliphatic heterocycles. The maximum Gasteiger partial charge on any atom is 0.107 e. The van der Waals surface area contributed by atoms with Crippen molar-refractivity contribution in [1.82, 2.24) is 0 Å². The molecule has 0 unspecified atom stereocenters. The molecule has 0 saturated carbocycles. The van der Waals surface area contributed by atoms with Gasteiger partial charge in [0.25, 0.3) is 0 Å². The van der Waals surface area contributed by atoms with Crippen LogP contribution in [0.5, 0.6) is 0 Å². The maximum atomic E-state index is 12.3. The highest BCUT2D eigenvalue weighted by atomic mass is 19.1. The zero-order valence-electron chi connectivity index (χ0n) is 8.54. The van der Waals surface area contributed by atoms with Gasteiger partial charge in [0.1, 0.15) is 6.67 Å².